The second-order valence-corrected chi connectivity index (χ2v) is 3.72. The number of nitrogens with zero attached hydrogens (tertiary/aromatic N) is 1. The van der Waals surface area contributed by atoms with E-state index in [-0.39, 0.29) is 15.8 Å². The first kappa shape index (κ1) is 9.97. The van der Waals surface area contributed by atoms with Crippen LogP contribution >= 0.6 is 19.6 Å². The van der Waals surface area contributed by atoms with Gasteiger partial charge in [0, 0.05) is 0 Å². The highest BCUT2D eigenvalue weighted by atomic mass is 32.1. The highest BCUT2D eigenvalue weighted by molar-refractivity contribution is 7.33. The molecule has 13 heavy (non-hydrogen) atoms. The Kier molecular flexibility index (Phi) is 2.86. The molecule has 0 aliphatic rings. The van der Waals surface area contributed by atoms with Crippen LogP contribution in [-0.4, -0.2) is 9.82 Å². The van der Waals surface area contributed by atoms with Crippen LogP contribution in [0.2, 0.25) is 0 Å². The standard InChI is InChI=1S/C4H5N2O5PS/c5-4-2(6(7)8)1-3(13-4)11-12(9)10/h1,12H,5H2,(H,9,10). The maximum absolute atomic E-state index is 10.3. The second kappa shape index (κ2) is 3.73. The molecule has 7 nitrogen and oxygen atoms in total. The van der Waals surface area contributed by atoms with Crippen LogP contribution in [0.1, 0.15) is 0 Å². The molecular formula is C4H5N2O5PS. The van der Waals surface area contributed by atoms with Gasteiger partial charge in [-0.2, -0.15) is 0 Å². The molecular weight excluding hydrogens is 219 g/mol. The average Bonchev–Trinajstić information content (AvgIpc) is 2.29. The molecule has 0 radical (unpaired) electrons. The minimum Gasteiger partial charge on any atom is -0.415 e. The molecule has 0 saturated heterocycles. The van der Waals surface area contributed by atoms with Gasteiger partial charge in [0.15, 0.2) is 10.1 Å². The molecule has 3 N–H and O–H groups in total. The first-order valence-corrected chi connectivity index (χ1v) is 5.03. The summed E-state index contributed by atoms with van der Waals surface area (Å²) in [7, 11) is -3.13. The Hall–Kier alpha value is -1.11. The molecule has 0 spiro atoms. The fourth-order valence-corrected chi connectivity index (χ4v) is 1.89. The zero-order chi connectivity index (χ0) is 10.0. The van der Waals surface area contributed by atoms with Crippen LogP contribution in [0.3, 0.4) is 0 Å². The van der Waals surface area contributed by atoms with Crippen molar-refractivity contribution in [1.29, 1.82) is 0 Å². The van der Waals surface area contributed by atoms with Crippen molar-refractivity contribution in [3.8, 4) is 5.06 Å². The Labute approximate surface area is 76.9 Å². The average molecular weight is 224 g/mol. The van der Waals surface area contributed by atoms with Gasteiger partial charge in [0.25, 0.3) is 0 Å². The number of thiophene rings is 1. The lowest BCUT2D eigenvalue weighted by Crippen LogP contribution is -1.89. The zero-order valence-corrected chi connectivity index (χ0v) is 7.91. The van der Waals surface area contributed by atoms with E-state index < -0.39 is 13.2 Å². The molecule has 0 aromatic carbocycles. The summed E-state index contributed by atoms with van der Waals surface area (Å²) in [5.41, 5.74) is 4.93. The number of rotatable bonds is 3. The molecule has 72 valence electrons. The third kappa shape index (κ3) is 2.41. The Balaban J connectivity index is 2.95. The van der Waals surface area contributed by atoms with E-state index in [0.717, 1.165) is 17.4 Å². The molecule has 1 unspecified atom stereocenters. The van der Waals surface area contributed by atoms with E-state index in [4.69, 9.17) is 10.6 Å². The van der Waals surface area contributed by atoms with Crippen molar-refractivity contribution >= 4 is 30.3 Å². The first-order chi connectivity index (χ1) is 6.00. The van der Waals surface area contributed by atoms with Crippen LogP contribution in [0.15, 0.2) is 6.07 Å². The van der Waals surface area contributed by atoms with Crippen molar-refractivity contribution in [2.45, 2.75) is 0 Å². The van der Waals surface area contributed by atoms with Gasteiger partial charge in [-0.1, -0.05) is 11.3 Å². The van der Waals surface area contributed by atoms with Crippen LogP contribution in [0, 0.1) is 10.1 Å². The van der Waals surface area contributed by atoms with E-state index in [1.807, 2.05) is 0 Å². The lowest BCUT2D eigenvalue weighted by Gasteiger charge is -1.92. The van der Waals surface area contributed by atoms with Gasteiger partial charge >= 0.3 is 13.9 Å². The van der Waals surface area contributed by atoms with Gasteiger partial charge in [0.2, 0.25) is 0 Å². The number of nitrogens with two attached hydrogens (primary N) is 1. The van der Waals surface area contributed by atoms with Gasteiger partial charge in [-0.15, -0.1) is 0 Å². The van der Waals surface area contributed by atoms with Crippen molar-refractivity contribution in [2.24, 2.45) is 0 Å². The number of hydrogen-bond donors (Lipinski definition) is 2. The van der Waals surface area contributed by atoms with Crippen molar-refractivity contribution in [2.75, 3.05) is 5.73 Å². The molecule has 1 heterocycles. The number of nitro groups is 1. The third-order valence-corrected chi connectivity index (χ3v) is 2.48. The van der Waals surface area contributed by atoms with Crippen LogP contribution in [0.25, 0.3) is 0 Å². The van der Waals surface area contributed by atoms with E-state index in [2.05, 4.69) is 4.52 Å². The van der Waals surface area contributed by atoms with Crippen molar-refractivity contribution in [3.05, 3.63) is 16.2 Å². The van der Waals surface area contributed by atoms with Crippen molar-refractivity contribution in [3.63, 3.8) is 0 Å². The lowest BCUT2D eigenvalue weighted by atomic mass is 10.5. The molecule has 0 saturated carbocycles. The van der Waals surface area contributed by atoms with Crippen LogP contribution in [0.4, 0.5) is 10.7 Å². The summed E-state index contributed by atoms with van der Waals surface area (Å²) in [6.07, 6.45) is 0. The minimum atomic E-state index is -3.13. The summed E-state index contributed by atoms with van der Waals surface area (Å²) < 4.78 is 14.6. The zero-order valence-electron chi connectivity index (χ0n) is 6.09. The SMILES string of the molecule is Nc1sc(O[PH](=O)O)cc1[N+](=O)[O-]. The molecule has 1 rings (SSSR count). The second-order valence-electron chi connectivity index (χ2n) is 1.94. The van der Waals surface area contributed by atoms with E-state index in [9.17, 15) is 14.7 Å². The van der Waals surface area contributed by atoms with Gasteiger partial charge in [-0.3, -0.25) is 10.1 Å². The molecule has 1 aromatic heterocycles. The summed E-state index contributed by atoms with van der Waals surface area (Å²) in [4.78, 5) is 17.9. The van der Waals surface area contributed by atoms with Crippen LogP contribution < -0.4 is 10.3 Å². The minimum absolute atomic E-state index is 0.0319. The Morgan fingerprint density at radius 2 is 2.38 bits per heavy atom. The Morgan fingerprint density at radius 1 is 1.77 bits per heavy atom. The Bertz CT molecular complexity index is 363. The van der Waals surface area contributed by atoms with Gasteiger partial charge in [-0.05, 0) is 0 Å². The molecule has 0 amide bonds. The van der Waals surface area contributed by atoms with Crippen LogP contribution in [0.5, 0.6) is 5.06 Å². The van der Waals surface area contributed by atoms with Gasteiger partial charge in [-0.25, -0.2) is 4.57 Å². The summed E-state index contributed by atoms with van der Waals surface area (Å²) >= 11 is 0.750. The lowest BCUT2D eigenvalue weighted by molar-refractivity contribution is -0.383. The molecule has 0 aliphatic heterocycles. The van der Waals surface area contributed by atoms with Gasteiger partial charge in [0.05, 0.1) is 11.0 Å². The quantitative estimate of drug-likeness (QED) is 0.449. The fourth-order valence-electron chi connectivity index (χ4n) is 0.652. The summed E-state index contributed by atoms with van der Waals surface area (Å²) in [5.74, 6) is 0. The fraction of sp³-hybridized carbons (Fsp3) is 0. The molecule has 0 bridgehead atoms. The first-order valence-electron chi connectivity index (χ1n) is 2.95. The third-order valence-electron chi connectivity index (χ3n) is 1.10. The van der Waals surface area contributed by atoms with Crippen molar-refractivity contribution < 1.29 is 18.9 Å². The predicted molar refractivity (Wildman–Crippen MR) is 47.2 cm³/mol. The van der Waals surface area contributed by atoms with Crippen LogP contribution in [-0.2, 0) is 4.57 Å². The highest BCUT2D eigenvalue weighted by Crippen LogP contribution is 2.39. The smallest absolute Gasteiger partial charge is 0.365 e. The normalized spacial score (nSPS) is 12.4. The molecule has 1 aromatic rings. The van der Waals surface area contributed by atoms with Crippen molar-refractivity contribution in [1.82, 2.24) is 0 Å². The Morgan fingerprint density at radius 3 is 2.77 bits per heavy atom. The van der Waals surface area contributed by atoms with Gasteiger partial charge in [0.1, 0.15) is 0 Å². The van der Waals surface area contributed by atoms with Gasteiger partial charge < -0.3 is 15.2 Å². The number of anilines is 1. The molecule has 9 heteroatoms. The summed E-state index contributed by atoms with van der Waals surface area (Å²) in [6, 6.07) is 1.01. The molecule has 0 fully saturated rings. The number of hydrogen-bond acceptors (Lipinski definition) is 6. The maximum Gasteiger partial charge on any atom is 0.365 e. The molecule has 1 atom stereocenters. The summed E-state index contributed by atoms with van der Waals surface area (Å²) in [5, 5.41) is 10.2. The van der Waals surface area contributed by atoms with E-state index in [1.54, 1.807) is 0 Å². The number of nitrogen functional groups attached to an aromatic ring is 1. The van der Waals surface area contributed by atoms with E-state index in [1.165, 1.54) is 0 Å². The predicted octanol–water partition coefficient (Wildman–Crippen LogP) is 0.999. The monoisotopic (exact) mass is 224 g/mol. The summed E-state index contributed by atoms with van der Waals surface area (Å²) in [6.45, 7) is 0. The maximum atomic E-state index is 10.3. The topological polar surface area (TPSA) is 116 Å². The largest absolute Gasteiger partial charge is 0.415 e. The molecule has 0 aliphatic carbocycles. The van der Waals surface area contributed by atoms with E-state index in [0.29, 0.717) is 0 Å². The highest BCUT2D eigenvalue weighted by Gasteiger charge is 2.17. The van der Waals surface area contributed by atoms with E-state index >= 15 is 0 Å².